The summed E-state index contributed by atoms with van der Waals surface area (Å²) in [5, 5.41) is 0. The summed E-state index contributed by atoms with van der Waals surface area (Å²) in [7, 11) is 1.57. The third-order valence-corrected chi connectivity index (χ3v) is 3.21. The van der Waals surface area contributed by atoms with E-state index in [1.54, 1.807) is 13.1 Å². The van der Waals surface area contributed by atoms with Crippen LogP contribution in [-0.2, 0) is 7.05 Å². The summed E-state index contributed by atoms with van der Waals surface area (Å²) in [6, 6.07) is 5.23. The molecule has 114 valence electrons. The number of fused-ring (bicyclic) bond motifs is 1. The molecule has 5 nitrogen and oxygen atoms in total. The molecule has 0 radical (unpaired) electrons. The van der Waals surface area contributed by atoms with Gasteiger partial charge in [-0.25, -0.2) is 14.2 Å². The summed E-state index contributed by atoms with van der Waals surface area (Å²) >= 11 is 0. The van der Waals surface area contributed by atoms with E-state index in [1.807, 2.05) is 0 Å². The topological polar surface area (TPSA) is 59.9 Å². The fraction of sp³-hybridized carbons (Fsp3) is 0.143. The zero-order valence-electron chi connectivity index (χ0n) is 11.3. The van der Waals surface area contributed by atoms with Gasteiger partial charge in [-0.2, -0.15) is 8.78 Å². The minimum atomic E-state index is -3.11. The quantitative estimate of drug-likeness (QED) is 0.809. The monoisotopic (exact) mass is 309 g/mol. The van der Waals surface area contributed by atoms with E-state index in [4.69, 9.17) is 0 Å². The SMILES string of the molecule is Cn1c(=O)[nH]c2cc(-c3ccc(F)c(OC(F)F)c3)cnc21. The van der Waals surface area contributed by atoms with Gasteiger partial charge in [0.1, 0.15) is 0 Å². The molecule has 0 atom stereocenters. The molecule has 2 heterocycles. The van der Waals surface area contributed by atoms with Crippen LogP contribution in [0.4, 0.5) is 13.2 Å². The van der Waals surface area contributed by atoms with Crippen molar-refractivity contribution in [3.8, 4) is 16.9 Å². The van der Waals surface area contributed by atoms with Crippen LogP contribution in [-0.4, -0.2) is 21.1 Å². The van der Waals surface area contributed by atoms with E-state index in [1.165, 1.54) is 16.8 Å². The second-order valence-electron chi connectivity index (χ2n) is 4.61. The number of aryl methyl sites for hydroxylation is 1. The highest BCUT2D eigenvalue weighted by Crippen LogP contribution is 2.28. The summed E-state index contributed by atoms with van der Waals surface area (Å²) in [4.78, 5) is 18.3. The van der Waals surface area contributed by atoms with Gasteiger partial charge in [-0.05, 0) is 23.8 Å². The zero-order valence-corrected chi connectivity index (χ0v) is 11.3. The van der Waals surface area contributed by atoms with Crippen LogP contribution in [0.15, 0.2) is 35.3 Å². The fourth-order valence-corrected chi connectivity index (χ4v) is 2.14. The number of halogens is 3. The molecule has 2 aromatic heterocycles. The molecule has 0 saturated carbocycles. The average Bonchev–Trinajstić information content (AvgIpc) is 2.75. The van der Waals surface area contributed by atoms with Crippen molar-refractivity contribution in [1.82, 2.24) is 14.5 Å². The van der Waals surface area contributed by atoms with Crippen molar-refractivity contribution >= 4 is 11.2 Å². The van der Waals surface area contributed by atoms with Crippen LogP contribution >= 0.6 is 0 Å². The number of ether oxygens (including phenoxy) is 1. The highest BCUT2D eigenvalue weighted by Gasteiger charge is 2.12. The number of rotatable bonds is 3. The van der Waals surface area contributed by atoms with Crippen LogP contribution in [0.3, 0.4) is 0 Å². The van der Waals surface area contributed by atoms with Crippen LogP contribution in [0.2, 0.25) is 0 Å². The molecule has 0 aliphatic heterocycles. The second-order valence-corrected chi connectivity index (χ2v) is 4.61. The standard InChI is InChI=1S/C14H10F3N3O2/c1-20-12-10(19-14(20)21)4-8(6-18-12)7-2-3-9(15)11(5-7)22-13(16)17/h2-6,13H,1H3,(H,19,21). The molecular formula is C14H10F3N3O2. The Balaban J connectivity index is 2.09. The van der Waals surface area contributed by atoms with Gasteiger partial charge in [0.05, 0.1) is 5.52 Å². The molecule has 0 bridgehead atoms. The number of hydrogen-bond acceptors (Lipinski definition) is 3. The molecule has 22 heavy (non-hydrogen) atoms. The predicted octanol–water partition coefficient (Wildman–Crippen LogP) is 2.67. The summed E-state index contributed by atoms with van der Waals surface area (Å²) in [5.41, 5.74) is 1.61. The Labute approximate surface area is 122 Å². The molecule has 1 N–H and O–H groups in total. The molecule has 3 aromatic rings. The van der Waals surface area contributed by atoms with Gasteiger partial charge in [-0.3, -0.25) is 4.57 Å². The average molecular weight is 309 g/mol. The lowest BCUT2D eigenvalue weighted by Crippen LogP contribution is -2.12. The number of pyridine rings is 1. The van der Waals surface area contributed by atoms with E-state index in [9.17, 15) is 18.0 Å². The Hall–Kier alpha value is -2.77. The van der Waals surface area contributed by atoms with E-state index in [-0.39, 0.29) is 5.69 Å². The van der Waals surface area contributed by atoms with E-state index in [2.05, 4.69) is 14.7 Å². The van der Waals surface area contributed by atoms with Crippen molar-refractivity contribution in [3.63, 3.8) is 0 Å². The predicted molar refractivity (Wildman–Crippen MR) is 73.4 cm³/mol. The van der Waals surface area contributed by atoms with Crippen molar-refractivity contribution in [2.75, 3.05) is 0 Å². The van der Waals surface area contributed by atoms with Gasteiger partial charge in [-0.1, -0.05) is 6.07 Å². The highest BCUT2D eigenvalue weighted by atomic mass is 19.3. The minimum absolute atomic E-state index is 0.319. The molecule has 1 aromatic carbocycles. The van der Waals surface area contributed by atoms with Gasteiger partial charge >= 0.3 is 12.3 Å². The van der Waals surface area contributed by atoms with Gasteiger partial charge in [0.25, 0.3) is 0 Å². The first-order valence-corrected chi connectivity index (χ1v) is 6.25. The molecule has 0 aliphatic carbocycles. The molecule has 0 saturated heterocycles. The minimum Gasteiger partial charge on any atom is -0.432 e. The first-order chi connectivity index (χ1) is 10.5. The molecule has 8 heteroatoms. The van der Waals surface area contributed by atoms with Crippen LogP contribution in [0.5, 0.6) is 5.75 Å². The lowest BCUT2D eigenvalue weighted by Gasteiger charge is -2.08. The molecule has 0 spiro atoms. The highest BCUT2D eigenvalue weighted by molar-refractivity contribution is 5.78. The smallest absolute Gasteiger partial charge is 0.387 e. The van der Waals surface area contributed by atoms with E-state index in [0.29, 0.717) is 22.3 Å². The van der Waals surface area contributed by atoms with Gasteiger partial charge in [0.2, 0.25) is 0 Å². The maximum Gasteiger partial charge on any atom is 0.387 e. The normalized spacial score (nSPS) is 11.3. The summed E-state index contributed by atoms with van der Waals surface area (Å²) in [6.07, 6.45) is 1.47. The van der Waals surface area contributed by atoms with Gasteiger partial charge in [0, 0.05) is 18.8 Å². The number of nitrogens with one attached hydrogen (secondary N) is 1. The maximum absolute atomic E-state index is 13.4. The molecule has 3 rings (SSSR count). The van der Waals surface area contributed by atoms with Crippen LogP contribution in [0.1, 0.15) is 0 Å². The number of nitrogens with zero attached hydrogens (tertiary/aromatic N) is 2. The fourth-order valence-electron chi connectivity index (χ4n) is 2.14. The first-order valence-electron chi connectivity index (χ1n) is 6.25. The van der Waals surface area contributed by atoms with E-state index >= 15 is 0 Å². The Morgan fingerprint density at radius 2 is 2.05 bits per heavy atom. The Kier molecular flexibility index (Phi) is 3.36. The summed E-state index contributed by atoms with van der Waals surface area (Å²) < 4.78 is 43.4. The summed E-state index contributed by atoms with van der Waals surface area (Å²) in [5.74, 6) is -1.43. The molecule has 0 amide bonds. The van der Waals surface area contributed by atoms with Crippen LogP contribution in [0, 0.1) is 5.82 Å². The second kappa shape index (κ2) is 5.21. The van der Waals surface area contributed by atoms with Gasteiger partial charge < -0.3 is 9.72 Å². The number of hydrogen-bond donors (Lipinski definition) is 1. The Morgan fingerprint density at radius 3 is 2.77 bits per heavy atom. The lowest BCUT2D eigenvalue weighted by atomic mass is 10.1. The van der Waals surface area contributed by atoms with E-state index < -0.39 is 18.2 Å². The molecule has 0 fully saturated rings. The van der Waals surface area contributed by atoms with Crippen molar-refractivity contribution in [2.45, 2.75) is 6.61 Å². The van der Waals surface area contributed by atoms with Crippen LogP contribution < -0.4 is 10.4 Å². The number of imidazole rings is 1. The third kappa shape index (κ3) is 2.43. The van der Waals surface area contributed by atoms with E-state index in [0.717, 1.165) is 12.1 Å². The zero-order chi connectivity index (χ0) is 15.9. The van der Waals surface area contributed by atoms with Crippen molar-refractivity contribution in [1.29, 1.82) is 0 Å². The maximum atomic E-state index is 13.4. The third-order valence-electron chi connectivity index (χ3n) is 3.21. The number of aromatic amines is 1. The molecular weight excluding hydrogens is 299 g/mol. The van der Waals surface area contributed by atoms with Crippen molar-refractivity contribution < 1.29 is 17.9 Å². The van der Waals surface area contributed by atoms with Gasteiger partial charge in [0.15, 0.2) is 17.2 Å². The number of alkyl halides is 2. The molecule has 0 aliphatic rings. The van der Waals surface area contributed by atoms with Crippen LogP contribution in [0.25, 0.3) is 22.3 Å². The Bertz CT molecular complexity index is 902. The number of aromatic nitrogens is 3. The van der Waals surface area contributed by atoms with Crippen molar-refractivity contribution in [3.05, 3.63) is 46.8 Å². The Morgan fingerprint density at radius 1 is 1.27 bits per heavy atom. The lowest BCUT2D eigenvalue weighted by molar-refractivity contribution is -0.0521. The number of benzene rings is 1. The van der Waals surface area contributed by atoms with Gasteiger partial charge in [-0.15, -0.1) is 0 Å². The van der Waals surface area contributed by atoms with Crippen molar-refractivity contribution in [2.24, 2.45) is 7.05 Å². The molecule has 0 unspecified atom stereocenters. The largest absolute Gasteiger partial charge is 0.432 e. The number of H-pyrrole nitrogens is 1. The summed E-state index contributed by atoms with van der Waals surface area (Å²) in [6.45, 7) is -3.11. The first kappa shape index (κ1) is 14.2.